The molecular weight excluding hydrogens is 272 g/mol. The fraction of sp³-hybridized carbons (Fsp3) is 0.467. The number of benzene rings is 1. The van der Waals surface area contributed by atoms with E-state index in [0.717, 1.165) is 5.56 Å². The van der Waals surface area contributed by atoms with Crippen molar-refractivity contribution in [3.63, 3.8) is 0 Å². The van der Waals surface area contributed by atoms with E-state index in [4.69, 9.17) is 9.47 Å². The maximum absolute atomic E-state index is 12.0. The van der Waals surface area contributed by atoms with Crippen LogP contribution >= 0.6 is 0 Å². The number of hydrogen-bond donors (Lipinski definition) is 2. The van der Waals surface area contributed by atoms with Crippen LogP contribution in [0, 0.1) is 0 Å². The average molecular weight is 294 g/mol. The van der Waals surface area contributed by atoms with E-state index in [1.807, 2.05) is 6.92 Å². The van der Waals surface area contributed by atoms with Crippen molar-refractivity contribution in [2.75, 3.05) is 20.8 Å². The van der Waals surface area contributed by atoms with Crippen LogP contribution < -0.4 is 20.1 Å². The normalized spacial score (nSPS) is 11.4. The van der Waals surface area contributed by atoms with Crippen molar-refractivity contribution in [2.24, 2.45) is 0 Å². The van der Waals surface area contributed by atoms with Crippen LogP contribution in [-0.4, -0.2) is 38.6 Å². The summed E-state index contributed by atoms with van der Waals surface area (Å²) in [5.41, 5.74) is 0.735. The Balaban J connectivity index is 2.68. The summed E-state index contributed by atoms with van der Waals surface area (Å²) < 4.78 is 10.3. The van der Waals surface area contributed by atoms with Crippen LogP contribution in [0.25, 0.3) is 0 Å². The summed E-state index contributed by atoms with van der Waals surface area (Å²) in [6.07, 6.45) is 0.136. The second-order valence-corrected chi connectivity index (χ2v) is 4.54. The van der Waals surface area contributed by atoms with E-state index < -0.39 is 6.04 Å². The molecular formula is C15H22N2O4. The van der Waals surface area contributed by atoms with Gasteiger partial charge in [0, 0.05) is 18.2 Å². The van der Waals surface area contributed by atoms with E-state index in [-0.39, 0.29) is 18.2 Å². The zero-order valence-corrected chi connectivity index (χ0v) is 12.9. The number of nitrogens with one attached hydrogen (secondary N) is 2. The molecule has 0 spiro atoms. The number of hydrogen-bond acceptors (Lipinski definition) is 4. The molecule has 0 bridgehead atoms. The minimum atomic E-state index is -0.568. The van der Waals surface area contributed by atoms with E-state index in [1.165, 1.54) is 7.11 Å². The lowest BCUT2D eigenvalue weighted by molar-refractivity contribution is -0.128. The number of ether oxygens (including phenoxy) is 2. The first-order chi connectivity index (χ1) is 10.0. The molecule has 0 aromatic heterocycles. The molecule has 6 nitrogen and oxygen atoms in total. The van der Waals surface area contributed by atoms with Crippen LogP contribution in [0.4, 0.5) is 0 Å². The number of carbonyl (C=O) groups is 2. The Bertz CT molecular complexity index is 502. The van der Waals surface area contributed by atoms with E-state index in [1.54, 1.807) is 32.2 Å². The first-order valence-corrected chi connectivity index (χ1v) is 6.79. The van der Waals surface area contributed by atoms with Crippen molar-refractivity contribution in [3.8, 4) is 11.5 Å². The predicted octanol–water partition coefficient (Wildman–Crippen LogP) is 0.887. The Kier molecular flexibility index (Phi) is 6.52. The molecule has 0 aliphatic rings. The van der Waals surface area contributed by atoms with Crippen molar-refractivity contribution in [3.05, 3.63) is 23.8 Å². The average Bonchev–Trinajstić information content (AvgIpc) is 2.47. The molecule has 1 unspecified atom stereocenters. The Morgan fingerprint density at radius 3 is 2.52 bits per heavy atom. The van der Waals surface area contributed by atoms with Gasteiger partial charge in [0.05, 0.1) is 20.6 Å². The molecule has 1 aromatic rings. The lowest BCUT2D eigenvalue weighted by atomic mass is 10.1. The third-order valence-corrected chi connectivity index (χ3v) is 2.97. The Labute approximate surface area is 124 Å². The first kappa shape index (κ1) is 16.8. The van der Waals surface area contributed by atoms with Gasteiger partial charge in [-0.25, -0.2) is 0 Å². The number of rotatable bonds is 7. The maximum Gasteiger partial charge on any atom is 0.242 e. The van der Waals surface area contributed by atoms with Gasteiger partial charge >= 0.3 is 0 Å². The predicted molar refractivity (Wildman–Crippen MR) is 79.5 cm³/mol. The molecule has 21 heavy (non-hydrogen) atoms. The van der Waals surface area contributed by atoms with E-state index >= 15 is 0 Å². The van der Waals surface area contributed by atoms with E-state index in [0.29, 0.717) is 18.0 Å². The van der Waals surface area contributed by atoms with Crippen LogP contribution in [0.3, 0.4) is 0 Å². The SMILES string of the molecule is CCNC(=O)C(C)NC(=O)Cc1ccc(OC)cc1OC. The van der Waals surface area contributed by atoms with Crippen LogP contribution in [0.5, 0.6) is 11.5 Å². The molecule has 6 heteroatoms. The van der Waals surface area contributed by atoms with Crippen molar-refractivity contribution in [1.82, 2.24) is 10.6 Å². The standard InChI is InChI=1S/C15H22N2O4/c1-5-16-15(19)10(2)17-14(18)8-11-6-7-12(20-3)9-13(11)21-4/h6-7,9-10H,5,8H2,1-4H3,(H,16,19)(H,17,18). The zero-order valence-electron chi connectivity index (χ0n) is 12.9. The van der Waals surface area contributed by atoms with Crippen LogP contribution in [-0.2, 0) is 16.0 Å². The molecule has 1 aromatic carbocycles. The minimum Gasteiger partial charge on any atom is -0.497 e. The minimum absolute atomic E-state index is 0.136. The van der Waals surface area contributed by atoms with Crippen LogP contribution in [0.15, 0.2) is 18.2 Å². The molecule has 1 atom stereocenters. The molecule has 0 radical (unpaired) electrons. The summed E-state index contributed by atoms with van der Waals surface area (Å²) in [5, 5.41) is 5.31. The highest BCUT2D eigenvalue weighted by Gasteiger charge is 2.16. The zero-order chi connectivity index (χ0) is 15.8. The lowest BCUT2D eigenvalue weighted by Gasteiger charge is -2.14. The molecule has 0 aliphatic heterocycles. The Morgan fingerprint density at radius 1 is 1.24 bits per heavy atom. The van der Waals surface area contributed by atoms with Crippen molar-refractivity contribution < 1.29 is 19.1 Å². The number of amides is 2. The summed E-state index contributed by atoms with van der Waals surface area (Å²) in [6.45, 7) is 4.01. The highest BCUT2D eigenvalue weighted by molar-refractivity contribution is 5.88. The number of methoxy groups -OCH3 is 2. The van der Waals surface area contributed by atoms with Gasteiger partial charge in [0.1, 0.15) is 17.5 Å². The third kappa shape index (κ3) is 4.98. The van der Waals surface area contributed by atoms with E-state index in [9.17, 15) is 9.59 Å². The molecule has 2 N–H and O–H groups in total. The highest BCUT2D eigenvalue weighted by atomic mass is 16.5. The van der Waals surface area contributed by atoms with Crippen LogP contribution in [0.1, 0.15) is 19.4 Å². The fourth-order valence-electron chi connectivity index (χ4n) is 1.86. The monoisotopic (exact) mass is 294 g/mol. The van der Waals surface area contributed by atoms with E-state index in [2.05, 4.69) is 10.6 Å². The quantitative estimate of drug-likeness (QED) is 0.783. The van der Waals surface area contributed by atoms with Gasteiger partial charge in [-0.05, 0) is 19.9 Å². The van der Waals surface area contributed by atoms with Gasteiger partial charge in [0.2, 0.25) is 11.8 Å². The van der Waals surface area contributed by atoms with Gasteiger partial charge in [-0.2, -0.15) is 0 Å². The summed E-state index contributed by atoms with van der Waals surface area (Å²) >= 11 is 0. The highest BCUT2D eigenvalue weighted by Crippen LogP contribution is 2.24. The molecule has 0 fully saturated rings. The van der Waals surface area contributed by atoms with Gasteiger partial charge in [0.15, 0.2) is 0 Å². The fourth-order valence-corrected chi connectivity index (χ4v) is 1.86. The molecule has 0 saturated heterocycles. The topological polar surface area (TPSA) is 76.7 Å². The third-order valence-electron chi connectivity index (χ3n) is 2.97. The van der Waals surface area contributed by atoms with Crippen LogP contribution in [0.2, 0.25) is 0 Å². The molecule has 0 heterocycles. The van der Waals surface area contributed by atoms with Gasteiger partial charge in [-0.1, -0.05) is 6.07 Å². The van der Waals surface area contributed by atoms with Gasteiger partial charge in [-0.3, -0.25) is 9.59 Å². The molecule has 1 rings (SSSR count). The number of likely N-dealkylation sites (N-methyl/N-ethyl adjacent to an activating group) is 1. The van der Waals surface area contributed by atoms with Gasteiger partial charge in [0.25, 0.3) is 0 Å². The maximum atomic E-state index is 12.0. The van der Waals surface area contributed by atoms with Crippen molar-refractivity contribution >= 4 is 11.8 Å². The molecule has 0 aliphatic carbocycles. The summed E-state index contributed by atoms with van der Waals surface area (Å²) in [7, 11) is 3.10. The largest absolute Gasteiger partial charge is 0.497 e. The Hall–Kier alpha value is -2.24. The first-order valence-electron chi connectivity index (χ1n) is 6.79. The van der Waals surface area contributed by atoms with Gasteiger partial charge < -0.3 is 20.1 Å². The smallest absolute Gasteiger partial charge is 0.242 e. The summed E-state index contributed by atoms with van der Waals surface area (Å²) in [6, 6.07) is 4.68. The molecule has 2 amide bonds. The second kappa shape index (κ2) is 8.14. The van der Waals surface area contributed by atoms with Crippen molar-refractivity contribution in [2.45, 2.75) is 26.3 Å². The van der Waals surface area contributed by atoms with Crippen molar-refractivity contribution in [1.29, 1.82) is 0 Å². The summed E-state index contributed by atoms with van der Waals surface area (Å²) in [5.74, 6) is 0.798. The lowest BCUT2D eigenvalue weighted by Crippen LogP contribution is -2.45. The number of carbonyl (C=O) groups excluding carboxylic acids is 2. The molecule has 116 valence electrons. The Morgan fingerprint density at radius 2 is 1.95 bits per heavy atom. The second-order valence-electron chi connectivity index (χ2n) is 4.54. The molecule has 0 saturated carbocycles. The summed E-state index contributed by atoms with van der Waals surface area (Å²) in [4.78, 5) is 23.5. The van der Waals surface area contributed by atoms with Gasteiger partial charge in [-0.15, -0.1) is 0 Å².